The predicted octanol–water partition coefficient (Wildman–Crippen LogP) is 2.08. The third kappa shape index (κ3) is 4.21. The fourth-order valence-corrected chi connectivity index (χ4v) is 3.29. The van der Waals surface area contributed by atoms with Crippen molar-refractivity contribution in [3.63, 3.8) is 0 Å². The first kappa shape index (κ1) is 18.2. The van der Waals surface area contributed by atoms with Crippen LogP contribution in [0.4, 0.5) is 0 Å². The SMILES string of the molecule is CCn1cc(C(=O)O)c(=O)c2cc(/C=N/OCCCN(C)C)sc21. The second-order valence-corrected chi connectivity index (χ2v) is 6.62. The van der Waals surface area contributed by atoms with Gasteiger partial charge in [0.25, 0.3) is 0 Å². The van der Waals surface area contributed by atoms with Crippen LogP contribution in [-0.2, 0) is 11.4 Å². The van der Waals surface area contributed by atoms with Crippen molar-refractivity contribution in [1.82, 2.24) is 9.47 Å². The minimum absolute atomic E-state index is 0.217. The summed E-state index contributed by atoms with van der Waals surface area (Å²) < 4.78 is 1.76. The lowest BCUT2D eigenvalue weighted by atomic mass is 10.2. The van der Waals surface area contributed by atoms with Gasteiger partial charge in [-0.2, -0.15) is 0 Å². The number of hydrogen-bond donors (Lipinski definition) is 1. The molecule has 2 aromatic heterocycles. The maximum atomic E-state index is 12.3. The summed E-state index contributed by atoms with van der Waals surface area (Å²) in [4.78, 5) is 32.2. The number of carboxylic acid groups (broad SMARTS) is 1. The molecule has 0 saturated carbocycles. The molecule has 24 heavy (non-hydrogen) atoms. The smallest absolute Gasteiger partial charge is 0.341 e. The van der Waals surface area contributed by atoms with Crippen LogP contribution in [0.1, 0.15) is 28.6 Å². The van der Waals surface area contributed by atoms with Gasteiger partial charge in [-0.05, 0) is 33.5 Å². The standard InChI is InChI=1S/C16H21N3O4S/c1-4-19-10-13(16(21)22)14(20)12-8-11(24-15(12)19)9-17-23-7-5-6-18(2)3/h8-10H,4-7H2,1-3H3,(H,21,22)/b17-9+. The Hall–Kier alpha value is -2.19. The van der Waals surface area contributed by atoms with Crippen LogP contribution in [0.15, 0.2) is 22.2 Å². The molecule has 0 bridgehead atoms. The fraction of sp³-hybridized carbons (Fsp3) is 0.438. The van der Waals surface area contributed by atoms with Gasteiger partial charge in [0.2, 0.25) is 5.43 Å². The highest BCUT2D eigenvalue weighted by atomic mass is 32.1. The van der Waals surface area contributed by atoms with E-state index in [-0.39, 0.29) is 5.56 Å². The van der Waals surface area contributed by atoms with E-state index in [9.17, 15) is 9.59 Å². The highest BCUT2D eigenvalue weighted by Gasteiger charge is 2.16. The van der Waals surface area contributed by atoms with E-state index in [2.05, 4.69) is 10.1 Å². The molecule has 2 aromatic rings. The van der Waals surface area contributed by atoms with E-state index >= 15 is 0 Å². The van der Waals surface area contributed by atoms with Crippen LogP contribution >= 0.6 is 11.3 Å². The second-order valence-electron chi connectivity index (χ2n) is 5.56. The van der Waals surface area contributed by atoms with E-state index in [0.717, 1.165) is 22.7 Å². The number of hydrogen-bond acceptors (Lipinski definition) is 6. The Balaban J connectivity index is 2.20. The molecule has 0 aromatic carbocycles. The van der Waals surface area contributed by atoms with Crippen molar-refractivity contribution in [3.8, 4) is 0 Å². The molecular formula is C16H21N3O4S. The monoisotopic (exact) mass is 351 g/mol. The van der Waals surface area contributed by atoms with Crippen molar-refractivity contribution < 1.29 is 14.7 Å². The van der Waals surface area contributed by atoms with Gasteiger partial charge in [0.05, 0.1) is 16.5 Å². The zero-order chi connectivity index (χ0) is 17.7. The third-order valence-corrected chi connectivity index (χ3v) is 4.54. The number of nitrogens with zero attached hydrogens (tertiary/aromatic N) is 3. The van der Waals surface area contributed by atoms with E-state index < -0.39 is 11.4 Å². The van der Waals surface area contributed by atoms with E-state index in [1.807, 2.05) is 21.0 Å². The van der Waals surface area contributed by atoms with Crippen LogP contribution in [0.3, 0.4) is 0 Å². The van der Waals surface area contributed by atoms with Crippen LogP contribution in [-0.4, -0.2) is 54.0 Å². The van der Waals surface area contributed by atoms with Gasteiger partial charge >= 0.3 is 5.97 Å². The largest absolute Gasteiger partial charge is 0.477 e. The summed E-state index contributed by atoms with van der Waals surface area (Å²) in [7, 11) is 3.99. The van der Waals surface area contributed by atoms with Gasteiger partial charge in [-0.1, -0.05) is 5.16 Å². The number of carboxylic acids is 1. The lowest BCUT2D eigenvalue weighted by molar-refractivity contribution is 0.0695. The highest BCUT2D eigenvalue weighted by molar-refractivity contribution is 7.20. The van der Waals surface area contributed by atoms with Gasteiger partial charge in [-0.15, -0.1) is 11.3 Å². The number of fused-ring (bicyclic) bond motifs is 1. The van der Waals surface area contributed by atoms with Gasteiger partial charge in [0.1, 0.15) is 17.0 Å². The molecule has 2 rings (SSSR count). The molecule has 0 aliphatic rings. The Bertz CT molecular complexity index is 807. The summed E-state index contributed by atoms with van der Waals surface area (Å²) >= 11 is 1.38. The van der Waals surface area contributed by atoms with Crippen LogP contribution < -0.4 is 5.43 Å². The molecule has 0 saturated heterocycles. The van der Waals surface area contributed by atoms with Crippen LogP contribution in [0.5, 0.6) is 0 Å². The molecule has 1 N–H and O–H groups in total. The third-order valence-electron chi connectivity index (χ3n) is 3.43. The molecule has 0 fully saturated rings. The summed E-state index contributed by atoms with van der Waals surface area (Å²) in [5.41, 5.74) is -0.685. The zero-order valence-corrected chi connectivity index (χ0v) is 14.8. The first-order valence-corrected chi connectivity index (χ1v) is 8.46. The molecule has 0 atom stereocenters. The maximum Gasteiger partial charge on any atom is 0.341 e. The van der Waals surface area contributed by atoms with Crippen molar-refractivity contribution in [2.45, 2.75) is 19.9 Å². The summed E-state index contributed by atoms with van der Waals surface area (Å²) in [5.74, 6) is -1.21. The van der Waals surface area contributed by atoms with Gasteiger partial charge in [0, 0.05) is 19.3 Å². The number of rotatable bonds is 8. The summed E-state index contributed by atoms with van der Waals surface area (Å²) in [5, 5.41) is 13.5. The van der Waals surface area contributed by atoms with E-state index in [0.29, 0.717) is 18.5 Å². The molecule has 0 aliphatic heterocycles. The predicted molar refractivity (Wildman–Crippen MR) is 95.4 cm³/mol. The second kappa shape index (κ2) is 8.07. The molecule has 2 heterocycles. The van der Waals surface area contributed by atoms with Crippen LogP contribution in [0, 0.1) is 0 Å². The Morgan fingerprint density at radius 1 is 1.50 bits per heavy atom. The van der Waals surface area contributed by atoms with Crippen LogP contribution in [0.2, 0.25) is 0 Å². The molecule has 0 amide bonds. The summed E-state index contributed by atoms with van der Waals surface area (Å²) in [6.07, 6.45) is 3.82. The maximum absolute atomic E-state index is 12.3. The minimum atomic E-state index is -1.21. The molecule has 130 valence electrons. The molecule has 0 spiro atoms. The Labute approximate surface area is 143 Å². The summed E-state index contributed by atoms with van der Waals surface area (Å²) in [6, 6.07) is 1.66. The fourth-order valence-electron chi connectivity index (χ4n) is 2.23. The number of thiophene rings is 1. The number of pyridine rings is 1. The number of oxime groups is 1. The number of aromatic carboxylic acids is 1. The van der Waals surface area contributed by atoms with E-state index in [1.54, 1.807) is 16.8 Å². The number of aryl methyl sites for hydroxylation is 1. The van der Waals surface area contributed by atoms with Crippen molar-refractivity contribution in [2.24, 2.45) is 5.16 Å². The molecule has 0 aliphatic carbocycles. The minimum Gasteiger partial charge on any atom is -0.477 e. The normalized spacial score (nSPS) is 11.7. The van der Waals surface area contributed by atoms with Crippen LogP contribution in [0.25, 0.3) is 10.2 Å². The van der Waals surface area contributed by atoms with Crippen molar-refractivity contribution >= 4 is 33.7 Å². The molecule has 8 heteroatoms. The molecule has 7 nitrogen and oxygen atoms in total. The average molecular weight is 351 g/mol. The van der Waals surface area contributed by atoms with E-state index in [1.165, 1.54) is 17.5 Å². The highest BCUT2D eigenvalue weighted by Crippen LogP contribution is 2.23. The van der Waals surface area contributed by atoms with Gasteiger partial charge in [0.15, 0.2) is 0 Å². The topological polar surface area (TPSA) is 84.1 Å². The lowest BCUT2D eigenvalue weighted by Gasteiger charge is -2.07. The number of carbonyl (C=O) groups is 1. The molecule has 0 unspecified atom stereocenters. The quantitative estimate of drug-likeness (QED) is 0.447. The van der Waals surface area contributed by atoms with Gasteiger partial charge in [-0.25, -0.2) is 4.79 Å². The van der Waals surface area contributed by atoms with Gasteiger partial charge < -0.3 is 19.4 Å². The Morgan fingerprint density at radius 3 is 2.88 bits per heavy atom. The first-order valence-electron chi connectivity index (χ1n) is 7.64. The van der Waals surface area contributed by atoms with Crippen molar-refractivity contribution in [3.05, 3.63) is 32.9 Å². The lowest BCUT2D eigenvalue weighted by Crippen LogP contribution is -2.17. The number of aromatic nitrogens is 1. The van der Waals surface area contributed by atoms with E-state index in [4.69, 9.17) is 9.94 Å². The first-order chi connectivity index (χ1) is 11.4. The Morgan fingerprint density at radius 2 is 2.25 bits per heavy atom. The van der Waals surface area contributed by atoms with Gasteiger partial charge in [-0.3, -0.25) is 4.79 Å². The van der Waals surface area contributed by atoms with Crippen molar-refractivity contribution in [2.75, 3.05) is 27.2 Å². The zero-order valence-electron chi connectivity index (χ0n) is 14.0. The summed E-state index contributed by atoms with van der Waals surface area (Å²) in [6.45, 7) is 3.92. The van der Waals surface area contributed by atoms with Crippen molar-refractivity contribution in [1.29, 1.82) is 0 Å². The molecular weight excluding hydrogens is 330 g/mol. The average Bonchev–Trinajstić information content (AvgIpc) is 2.95. The molecule has 0 radical (unpaired) electrons. The Kier molecular flexibility index (Phi) is 6.10.